The van der Waals surface area contributed by atoms with Gasteiger partial charge in [0.25, 0.3) is 0 Å². The number of nitrogens with one attached hydrogen (secondary N) is 2. The Bertz CT molecular complexity index is 906. The quantitative estimate of drug-likeness (QED) is 0.706. The van der Waals surface area contributed by atoms with Crippen LogP contribution < -0.4 is 20.1 Å². The van der Waals surface area contributed by atoms with Crippen molar-refractivity contribution in [3.63, 3.8) is 0 Å². The summed E-state index contributed by atoms with van der Waals surface area (Å²) in [6, 6.07) is 13.5. The highest BCUT2D eigenvalue weighted by atomic mass is 32.1. The molecule has 0 radical (unpaired) electrons. The zero-order chi connectivity index (χ0) is 15.8. The summed E-state index contributed by atoms with van der Waals surface area (Å²) in [5.74, 6) is 2.13. The largest absolute Gasteiger partial charge is 0.454 e. The second kappa shape index (κ2) is 5.44. The van der Waals surface area contributed by atoms with Crippen LogP contribution in [0.15, 0.2) is 42.5 Å². The highest BCUT2D eigenvalue weighted by molar-refractivity contribution is 7.80. The van der Waals surface area contributed by atoms with Crippen molar-refractivity contribution in [1.29, 1.82) is 0 Å². The molecule has 1 aliphatic rings. The third-order valence-corrected chi connectivity index (χ3v) is 3.85. The van der Waals surface area contributed by atoms with Gasteiger partial charge in [-0.2, -0.15) is 0 Å². The smallest absolute Gasteiger partial charge is 0.231 e. The zero-order valence-electron chi connectivity index (χ0n) is 12.4. The highest BCUT2D eigenvalue weighted by Crippen LogP contribution is 2.34. The molecule has 3 aromatic rings. The summed E-state index contributed by atoms with van der Waals surface area (Å²) in [7, 11) is 1.95. The van der Waals surface area contributed by atoms with Gasteiger partial charge in [0.15, 0.2) is 16.6 Å². The molecule has 0 atom stereocenters. The predicted octanol–water partition coefficient (Wildman–Crippen LogP) is 3.11. The number of hydrogen-bond acceptors (Lipinski definition) is 4. The molecule has 1 aliphatic heterocycles. The zero-order valence-corrected chi connectivity index (χ0v) is 13.2. The third kappa shape index (κ3) is 2.55. The highest BCUT2D eigenvalue weighted by Gasteiger charge is 2.14. The first-order valence-electron chi connectivity index (χ1n) is 7.10. The standard InChI is InChI=1S/C16H14N4O2S/c1-20-12-5-3-2-4-11(12)18-15(20)19-16(23)17-10-6-7-13-14(8-10)22-9-21-13/h2-8H,9H2,1H3,(H2,17,18,19,23). The fraction of sp³-hybridized carbons (Fsp3) is 0.125. The number of aryl methyl sites for hydroxylation is 1. The summed E-state index contributed by atoms with van der Waals surface area (Å²) in [6.45, 7) is 0.251. The number of hydrogen-bond donors (Lipinski definition) is 2. The van der Waals surface area contributed by atoms with Crippen LogP contribution in [-0.4, -0.2) is 21.5 Å². The number of nitrogens with zero attached hydrogens (tertiary/aromatic N) is 2. The van der Waals surface area contributed by atoms with Gasteiger partial charge < -0.3 is 24.7 Å². The topological polar surface area (TPSA) is 60.3 Å². The van der Waals surface area contributed by atoms with Crippen molar-refractivity contribution in [3.8, 4) is 11.5 Å². The van der Waals surface area contributed by atoms with Crippen molar-refractivity contribution in [3.05, 3.63) is 42.5 Å². The maximum atomic E-state index is 5.36. The molecule has 2 heterocycles. The summed E-state index contributed by atoms with van der Waals surface area (Å²) in [5, 5.41) is 6.70. The normalized spacial score (nSPS) is 12.4. The Morgan fingerprint density at radius 3 is 2.83 bits per heavy atom. The number of thiocarbonyl (C=S) groups is 1. The molecule has 0 saturated heterocycles. The molecule has 0 fully saturated rings. The number of imidazole rings is 1. The first-order valence-corrected chi connectivity index (χ1v) is 7.50. The number of anilines is 2. The molecule has 0 amide bonds. The second-order valence-electron chi connectivity index (χ2n) is 5.13. The minimum absolute atomic E-state index is 0.251. The van der Waals surface area contributed by atoms with Crippen LogP contribution in [0.2, 0.25) is 0 Å². The lowest BCUT2D eigenvalue weighted by molar-refractivity contribution is 0.174. The minimum Gasteiger partial charge on any atom is -0.454 e. The fourth-order valence-corrected chi connectivity index (χ4v) is 2.70. The number of rotatable bonds is 2. The van der Waals surface area contributed by atoms with Gasteiger partial charge in [0.2, 0.25) is 12.7 Å². The van der Waals surface area contributed by atoms with E-state index in [1.165, 1.54) is 0 Å². The molecule has 0 spiro atoms. The Hall–Kier alpha value is -2.80. The number of para-hydroxylation sites is 2. The first kappa shape index (κ1) is 13.8. The number of aromatic nitrogens is 2. The first-order chi connectivity index (χ1) is 11.2. The van der Waals surface area contributed by atoms with Gasteiger partial charge in [0.1, 0.15) is 0 Å². The second-order valence-corrected chi connectivity index (χ2v) is 5.54. The van der Waals surface area contributed by atoms with Crippen LogP contribution in [0.25, 0.3) is 11.0 Å². The maximum absolute atomic E-state index is 5.36. The summed E-state index contributed by atoms with van der Waals surface area (Å²) in [4.78, 5) is 4.53. The molecule has 23 heavy (non-hydrogen) atoms. The van der Waals surface area contributed by atoms with E-state index >= 15 is 0 Å². The fourth-order valence-electron chi connectivity index (χ4n) is 2.50. The molecule has 6 nitrogen and oxygen atoms in total. The van der Waals surface area contributed by atoms with E-state index in [1.807, 2.05) is 54.1 Å². The summed E-state index contributed by atoms with van der Waals surface area (Å²) in [6.07, 6.45) is 0. The lowest BCUT2D eigenvalue weighted by atomic mass is 10.3. The molecule has 7 heteroatoms. The number of ether oxygens (including phenoxy) is 2. The molecular formula is C16H14N4O2S. The van der Waals surface area contributed by atoms with Gasteiger partial charge in [-0.3, -0.25) is 0 Å². The van der Waals surface area contributed by atoms with Gasteiger partial charge in [-0.05, 0) is 36.5 Å². The molecule has 0 bridgehead atoms. The Morgan fingerprint density at radius 2 is 1.96 bits per heavy atom. The predicted molar refractivity (Wildman–Crippen MR) is 93.1 cm³/mol. The lowest BCUT2D eigenvalue weighted by Gasteiger charge is -2.10. The van der Waals surface area contributed by atoms with Crippen LogP contribution in [-0.2, 0) is 7.05 Å². The summed E-state index contributed by atoms with van der Waals surface area (Å²) in [5.41, 5.74) is 2.79. The van der Waals surface area contributed by atoms with E-state index in [9.17, 15) is 0 Å². The van der Waals surface area contributed by atoms with Gasteiger partial charge in [-0.1, -0.05) is 12.1 Å². The van der Waals surface area contributed by atoms with E-state index in [-0.39, 0.29) is 6.79 Å². The van der Waals surface area contributed by atoms with Crippen molar-refractivity contribution in [2.24, 2.45) is 7.05 Å². The lowest BCUT2D eigenvalue weighted by Crippen LogP contribution is -2.21. The van der Waals surface area contributed by atoms with Crippen LogP contribution in [0.1, 0.15) is 0 Å². The van der Waals surface area contributed by atoms with E-state index in [4.69, 9.17) is 21.7 Å². The van der Waals surface area contributed by atoms with E-state index in [2.05, 4.69) is 15.6 Å². The van der Waals surface area contributed by atoms with Crippen molar-refractivity contribution in [1.82, 2.24) is 9.55 Å². The van der Waals surface area contributed by atoms with Gasteiger partial charge in [0.05, 0.1) is 11.0 Å². The Labute approximate surface area is 138 Å². The van der Waals surface area contributed by atoms with Gasteiger partial charge >= 0.3 is 0 Å². The van der Waals surface area contributed by atoms with Crippen LogP contribution in [0.4, 0.5) is 11.6 Å². The van der Waals surface area contributed by atoms with Crippen molar-refractivity contribution in [2.45, 2.75) is 0 Å². The number of fused-ring (bicyclic) bond motifs is 2. The molecule has 0 unspecified atom stereocenters. The van der Waals surface area contributed by atoms with Gasteiger partial charge in [-0.25, -0.2) is 4.98 Å². The maximum Gasteiger partial charge on any atom is 0.231 e. The Morgan fingerprint density at radius 1 is 1.13 bits per heavy atom. The molecule has 4 rings (SSSR count). The van der Waals surface area contributed by atoms with Crippen LogP contribution in [0, 0.1) is 0 Å². The van der Waals surface area contributed by atoms with E-state index in [1.54, 1.807) is 0 Å². The molecule has 0 aliphatic carbocycles. The Balaban J connectivity index is 1.52. The SMILES string of the molecule is Cn1c(NC(=S)Nc2ccc3c(c2)OCO3)nc2ccccc21. The van der Waals surface area contributed by atoms with E-state index < -0.39 is 0 Å². The van der Waals surface area contributed by atoms with Crippen molar-refractivity contribution < 1.29 is 9.47 Å². The van der Waals surface area contributed by atoms with Gasteiger partial charge in [0, 0.05) is 18.8 Å². The molecule has 116 valence electrons. The van der Waals surface area contributed by atoms with Crippen LogP contribution in [0.5, 0.6) is 11.5 Å². The molecule has 1 aromatic heterocycles. The number of benzene rings is 2. The minimum atomic E-state index is 0.251. The van der Waals surface area contributed by atoms with E-state index in [0.29, 0.717) is 16.8 Å². The van der Waals surface area contributed by atoms with Crippen molar-refractivity contribution >= 4 is 40.0 Å². The third-order valence-electron chi connectivity index (χ3n) is 3.64. The van der Waals surface area contributed by atoms with Crippen molar-refractivity contribution in [2.75, 3.05) is 17.4 Å². The molecule has 0 saturated carbocycles. The van der Waals surface area contributed by atoms with Crippen LogP contribution in [0.3, 0.4) is 0 Å². The Kier molecular flexibility index (Phi) is 3.27. The molecule has 2 N–H and O–H groups in total. The molecule has 2 aromatic carbocycles. The average molecular weight is 326 g/mol. The summed E-state index contributed by atoms with van der Waals surface area (Å²) < 4.78 is 12.6. The van der Waals surface area contributed by atoms with Crippen LogP contribution >= 0.6 is 12.2 Å². The van der Waals surface area contributed by atoms with Gasteiger partial charge in [-0.15, -0.1) is 0 Å². The van der Waals surface area contributed by atoms with E-state index in [0.717, 1.165) is 22.5 Å². The summed E-state index contributed by atoms with van der Waals surface area (Å²) >= 11 is 5.36. The monoisotopic (exact) mass is 326 g/mol. The molecular weight excluding hydrogens is 312 g/mol. The average Bonchev–Trinajstić information content (AvgIpc) is 3.12.